The molecule has 0 saturated carbocycles. The number of carboxylic acid groups (broad SMARTS) is 1. The van der Waals surface area contributed by atoms with Gasteiger partial charge in [-0.1, -0.05) is 18.7 Å². The number of ether oxygens (including phenoxy) is 2. The van der Waals surface area contributed by atoms with Crippen molar-refractivity contribution >= 4 is 28.5 Å². The third-order valence-electron chi connectivity index (χ3n) is 7.60. The first-order valence-corrected chi connectivity index (χ1v) is 12.8. The van der Waals surface area contributed by atoms with Crippen molar-refractivity contribution in [1.82, 2.24) is 9.47 Å². The van der Waals surface area contributed by atoms with Gasteiger partial charge in [-0.05, 0) is 36.8 Å². The van der Waals surface area contributed by atoms with Crippen LogP contribution in [0.2, 0.25) is 0 Å². The first-order valence-electron chi connectivity index (χ1n) is 12.8. The number of carbonyl (C=O) groups excluding carboxylic acids is 1. The quantitative estimate of drug-likeness (QED) is 0.363. The SMILES string of the molecule is C=C1CC(CN2CCN(c3cc4c(cc3F)c(=O)c(C(=O)O)cn4CC)CC2)(c2ccc(OC)cc2)OC1=O. The zero-order valence-corrected chi connectivity index (χ0v) is 21.9. The summed E-state index contributed by atoms with van der Waals surface area (Å²) in [5.41, 5.74) is 0.182. The standard InChI is InChI=1S/C29H30FN3O6/c1-4-32-16-22(27(35)36)26(34)21-13-23(30)25(14-24(21)32)33-11-9-31(10-12-33)17-29(15-18(2)28(37)39-29)19-5-7-20(38-3)8-6-19/h5-8,13-14,16H,2,4,9-12,15,17H2,1,3H3,(H,35,36). The Hall–Kier alpha value is -4.18. The lowest BCUT2D eigenvalue weighted by Crippen LogP contribution is -2.51. The van der Waals surface area contributed by atoms with Gasteiger partial charge in [0.2, 0.25) is 5.43 Å². The third-order valence-corrected chi connectivity index (χ3v) is 7.60. The van der Waals surface area contributed by atoms with E-state index in [1.54, 1.807) is 17.7 Å². The minimum Gasteiger partial charge on any atom is -0.497 e. The topological polar surface area (TPSA) is 101 Å². The molecule has 10 heteroatoms. The molecule has 0 amide bonds. The first kappa shape index (κ1) is 26.4. The van der Waals surface area contributed by atoms with Crippen molar-refractivity contribution < 1.29 is 28.6 Å². The lowest BCUT2D eigenvalue weighted by atomic mass is 9.88. The molecule has 2 fully saturated rings. The summed E-state index contributed by atoms with van der Waals surface area (Å²) in [6.45, 7) is 8.82. The minimum atomic E-state index is -1.34. The second kappa shape index (κ2) is 10.2. The van der Waals surface area contributed by atoms with Gasteiger partial charge in [0.05, 0.1) is 18.3 Å². The molecule has 1 unspecified atom stereocenters. The van der Waals surface area contributed by atoms with E-state index in [9.17, 15) is 19.5 Å². The number of fused-ring (bicyclic) bond motifs is 1. The summed E-state index contributed by atoms with van der Waals surface area (Å²) in [6, 6.07) is 10.2. The highest BCUT2D eigenvalue weighted by molar-refractivity contribution is 5.93. The van der Waals surface area contributed by atoms with E-state index in [2.05, 4.69) is 11.5 Å². The smallest absolute Gasteiger partial charge is 0.341 e. The van der Waals surface area contributed by atoms with Gasteiger partial charge in [0.15, 0.2) is 5.60 Å². The molecule has 204 valence electrons. The molecule has 3 heterocycles. The summed E-state index contributed by atoms with van der Waals surface area (Å²) < 4.78 is 28.1. The summed E-state index contributed by atoms with van der Waals surface area (Å²) in [6.07, 6.45) is 1.69. The van der Waals surface area contributed by atoms with Gasteiger partial charge >= 0.3 is 11.9 Å². The van der Waals surface area contributed by atoms with E-state index in [0.29, 0.717) is 68.2 Å². The van der Waals surface area contributed by atoms with Crippen LogP contribution in [-0.2, 0) is 21.7 Å². The van der Waals surface area contributed by atoms with Crippen molar-refractivity contribution in [3.8, 4) is 5.75 Å². The summed E-state index contributed by atoms with van der Waals surface area (Å²) >= 11 is 0. The average molecular weight is 536 g/mol. The zero-order chi connectivity index (χ0) is 27.9. The molecule has 39 heavy (non-hydrogen) atoms. The van der Waals surface area contributed by atoms with E-state index in [-0.39, 0.29) is 10.9 Å². The number of anilines is 1. The van der Waals surface area contributed by atoms with E-state index < -0.39 is 28.8 Å². The number of esters is 1. The highest BCUT2D eigenvalue weighted by Crippen LogP contribution is 2.40. The molecule has 0 radical (unpaired) electrons. The maximum Gasteiger partial charge on any atom is 0.341 e. The Morgan fingerprint density at radius 2 is 1.85 bits per heavy atom. The number of carboxylic acids is 1. The summed E-state index contributed by atoms with van der Waals surface area (Å²) in [5.74, 6) is -1.62. The fourth-order valence-corrected chi connectivity index (χ4v) is 5.50. The number of aromatic nitrogens is 1. The van der Waals surface area contributed by atoms with Crippen LogP contribution < -0.4 is 15.1 Å². The van der Waals surface area contributed by atoms with Crippen LogP contribution in [0.25, 0.3) is 10.9 Å². The van der Waals surface area contributed by atoms with E-state index in [0.717, 1.165) is 11.6 Å². The van der Waals surface area contributed by atoms with Gasteiger partial charge < -0.3 is 24.0 Å². The number of halogens is 1. The molecule has 1 atom stereocenters. The van der Waals surface area contributed by atoms with Crippen LogP contribution in [-0.4, -0.2) is 66.3 Å². The normalized spacial score (nSPS) is 19.9. The van der Waals surface area contributed by atoms with Gasteiger partial charge in [-0.3, -0.25) is 9.69 Å². The molecule has 0 bridgehead atoms. The minimum absolute atomic E-state index is 0.0429. The molecule has 1 aromatic heterocycles. The van der Waals surface area contributed by atoms with E-state index in [1.807, 2.05) is 36.1 Å². The molecule has 2 saturated heterocycles. The zero-order valence-electron chi connectivity index (χ0n) is 21.9. The number of benzene rings is 2. The van der Waals surface area contributed by atoms with E-state index >= 15 is 4.39 Å². The molecular formula is C29H30FN3O6. The first-order chi connectivity index (χ1) is 18.7. The number of carbonyl (C=O) groups is 2. The van der Waals surface area contributed by atoms with Crippen molar-refractivity contribution in [2.24, 2.45) is 0 Å². The summed E-state index contributed by atoms with van der Waals surface area (Å²) in [4.78, 5) is 40.7. The van der Waals surface area contributed by atoms with E-state index in [4.69, 9.17) is 9.47 Å². The van der Waals surface area contributed by atoms with Gasteiger partial charge in [-0.25, -0.2) is 14.0 Å². The Morgan fingerprint density at radius 3 is 2.41 bits per heavy atom. The van der Waals surface area contributed by atoms with Crippen LogP contribution in [0.15, 0.2) is 59.5 Å². The van der Waals surface area contributed by atoms with Crippen molar-refractivity contribution in [3.05, 3.63) is 81.9 Å². The van der Waals surface area contributed by atoms with Crippen molar-refractivity contribution in [2.75, 3.05) is 44.7 Å². The van der Waals surface area contributed by atoms with Crippen molar-refractivity contribution in [2.45, 2.75) is 25.5 Å². The molecule has 0 spiro atoms. The predicted octanol–water partition coefficient (Wildman–Crippen LogP) is 3.39. The van der Waals surface area contributed by atoms with Crippen LogP contribution in [0.4, 0.5) is 10.1 Å². The monoisotopic (exact) mass is 535 g/mol. The molecule has 1 N–H and O–H groups in total. The molecule has 5 rings (SSSR count). The van der Waals surface area contributed by atoms with Crippen LogP contribution in [0, 0.1) is 5.82 Å². The fourth-order valence-electron chi connectivity index (χ4n) is 5.50. The Labute approximate surface area is 224 Å². The maximum absolute atomic E-state index is 15.3. The number of aromatic carboxylic acids is 1. The van der Waals surface area contributed by atoms with Crippen molar-refractivity contribution in [1.29, 1.82) is 0 Å². The molecular weight excluding hydrogens is 505 g/mol. The second-order valence-electron chi connectivity index (χ2n) is 9.94. The van der Waals surface area contributed by atoms with Gasteiger partial charge in [0.25, 0.3) is 0 Å². The van der Waals surface area contributed by atoms with Crippen molar-refractivity contribution in [3.63, 3.8) is 0 Å². The highest BCUT2D eigenvalue weighted by atomic mass is 19.1. The number of aryl methyl sites for hydroxylation is 1. The Kier molecular flexibility index (Phi) is 6.90. The van der Waals surface area contributed by atoms with Crippen LogP contribution in [0.1, 0.15) is 29.3 Å². The molecule has 2 aliphatic rings. The summed E-state index contributed by atoms with van der Waals surface area (Å²) in [7, 11) is 1.59. The second-order valence-corrected chi connectivity index (χ2v) is 9.94. The fraction of sp³-hybridized carbons (Fsp3) is 0.345. The van der Waals surface area contributed by atoms with Gasteiger partial charge in [-0.2, -0.15) is 0 Å². The number of hydrogen-bond donors (Lipinski definition) is 1. The number of cyclic esters (lactones) is 1. The maximum atomic E-state index is 15.3. The number of pyridine rings is 1. The highest BCUT2D eigenvalue weighted by Gasteiger charge is 2.46. The molecule has 9 nitrogen and oxygen atoms in total. The number of methoxy groups -OCH3 is 1. The number of rotatable bonds is 7. The molecule has 0 aliphatic carbocycles. The van der Waals surface area contributed by atoms with Crippen LogP contribution >= 0.6 is 0 Å². The largest absolute Gasteiger partial charge is 0.497 e. The van der Waals surface area contributed by atoms with E-state index in [1.165, 1.54) is 6.20 Å². The van der Waals surface area contributed by atoms with Gasteiger partial charge in [0.1, 0.15) is 17.1 Å². The lowest BCUT2D eigenvalue weighted by molar-refractivity contribution is -0.149. The molecule has 2 aliphatic heterocycles. The summed E-state index contributed by atoms with van der Waals surface area (Å²) in [5, 5.41) is 9.43. The molecule has 3 aromatic rings. The Balaban J connectivity index is 1.38. The lowest BCUT2D eigenvalue weighted by Gasteiger charge is -2.40. The Bertz CT molecular complexity index is 1510. The van der Waals surface area contributed by atoms with Gasteiger partial charge in [0, 0.05) is 62.8 Å². The predicted molar refractivity (Wildman–Crippen MR) is 144 cm³/mol. The van der Waals surface area contributed by atoms with Crippen LogP contribution in [0.3, 0.4) is 0 Å². The average Bonchev–Trinajstić information content (AvgIpc) is 3.22. The Morgan fingerprint density at radius 1 is 1.15 bits per heavy atom. The third kappa shape index (κ3) is 4.76. The molecule has 2 aromatic carbocycles. The number of hydrogen-bond acceptors (Lipinski definition) is 7. The number of piperazine rings is 1. The number of nitrogens with zero attached hydrogens (tertiary/aromatic N) is 3. The van der Waals surface area contributed by atoms with Crippen LogP contribution in [0.5, 0.6) is 5.75 Å². The van der Waals surface area contributed by atoms with Gasteiger partial charge in [-0.15, -0.1) is 0 Å².